The van der Waals surface area contributed by atoms with Gasteiger partial charge in [0, 0.05) is 18.0 Å². The molecule has 0 radical (unpaired) electrons. The summed E-state index contributed by atoms with van der Waals surface area (Å²) in [6.45, 7) is 0.926. The molecule has 3 aromatic carbocycles. The molecule has 0 aliphatic carbocycles. The zero-order valence-corrected chi connectivity index (χ0v) is 19.9. The average Bonchev–Trinajstić information content (AvgIpc) is 2.83. The predicted molar refractivity (Wildman–Crippen MR) is 134 cm³/mol. The second-order valence-corrected chi connectivity index (χ2v) is 8.64. The highest BCUT2D eigenvalue weighted by Crippen LogP contribution is 2.27. The summed E-state index contributed by atoms with van der Waals surface area (Å²) in [6.07, 6.45) is 0.778. The second kappa shape index (κ2) is 11.2. The summed E-state index contributed by atoms with van der Waals surface area (Å²) in [5, 5.41) is 1.48. The molecule has 0 bridgehead atoms. The lowest BCUT2D eigenvalue weighted by Crippen LogP contribution is -2.31. The van der Waals surface area contributed by atoms with Crippen LogP contribution in [0.2, 0.25) is 10.0 Å². The van der Waals surface area contributed by atoms with Gasteiger partial charge in [0.1, 0.15) is 11.6 Å². The van der Waals surface area contributed by atoms with E-state index in [1.807, 2.05) is 36.4 Å². The van der Waals surface area contributed by atoms with E-state index in [2.05, 4.69) is 9.97 Å². The largest absolute Gasteiger partial charge is 0.492 e. The first-order chi connectivity index (χ1) is 16.5. The molecule has 8 heteroatoms. The van der Waals surface area contributed by atoms with Gasteiger partial charge in [-0.25, -0.2) is 4.98 Å². The molecule has 0 fully saturated rings. The number of H-pyrrole nitrogens is 1. The van der Waals surface area contributed by atoms with E-state index in [4.69, 9.17) is 27.9 Å². The molecule has 1 amide bonds. The molecule has 0 saturated carbocycles. The number of halogens is 2. The van der Waals surface area contributed by atoms with Gasteiger partial charge in [-0.05, 0) is 42.3 Å². The number of nitrogens with zero attached hydrogens (tertiary/aromatic N) is 2. The first-order valence-electron chi connectivity index (χ1n) is 10.9. The van der Waals surface area contributed by atoms with Crippen molar-refractivity contribution >= 4 is 40.0 Å². The molecule has 0 aliphatic rings. The van der Waals surface area contributed by atoms with Gasteiger partial charge >= 0.3 is 0 Å². The summed E-state index contributed by atoms with van der Waals surface area (Å²) in [5.41, 5.74) is 1.37. The van der Waals surface area contributed by atoms with Crippen molar-refractivity contribution in [2.24, 2.45) is 0 Å². The topological polar surface area (TPSA) is 75.3 Å². The van der Waals surface area contributed by atoms with Crippen LogP contribution in [-0.4, -0.2) is 27.4 Å². The number of ether oxygens (including phenoxy) is 1. The van der Waals surface area contributed by atoms with Crippen LogP contribution in [0.5, 0.6) is 5.75 Å². The minimum Gasteiger partial charge on any atom is -0.492 e. The van der Waals surface area contributed by atoms with E-state index in [0.717, 1.165) is 5.56 Å². The Balaban J connectivity index is 1.44. The normalized spacial score (nSPS) is 10.9. The van der Waals surface area contributed by atoms with Crippen molar-refractivity contribution in [2.75, 3.05) is 6.61 Å². The molecular weight excluding hydrogens is 473 g/mol. The van der Waals surface area contributed by atoms with Crippen LogP contribution < -0.4 is 10.3 Å². The average molecular weight is 496 g/mol. The van der Waals surface area contributed by atoms with Crippen LogP contribution in [0.4, 0.5) is 0 Å². The van der Waals surface area contributed by atoms with Crippen LogP contribution in [-0.2, 0) is 17.9 Å². The van der Waals surface area contributed by atoms with Gasteiger partial charge in [-0.1, -0.05) is 65.7 Å². The highest BCUT2D eigenvalue weighted by molar-refractivity contribution is 6.35. The fourth-order valence-electron chi connectivity index (χ4n) is 3.58. The van der Waals surface area contributed by atoms with Crippen LogP contribution in [0.15, 0.2) is 77.6 Å². The smallest absolute Gasteiger partial charge is 0.258 e. The summed E-state index contributed by atoms with van der Waals surface area (Å²) in [4.78, 5) is 34.7. The van der Waals surface area contributed by atoms with Crippen LogP contribution in [0.1, 0.15) is 24.2 Å². The standard InChI is InChI=1S/C26H23Cl2N3O3/c27-19-12-13-23(21(28)15-19)34-14-6-11-25(32)31(16-18-7-2-1-3-8-18)17-24-29-22-10-5-4-9-20(22)26(33)30-24/h1-5,7-10,12-13,15H,6,11,14,16-17H2,(H,29,30,33). The first kappa shape index (κ1) is 23.8. The van der Waals surface area contributed by atoms with E-state index in [1.165, 1.54) is 0 Å². The summed E-state index contributed by atoms with van der Waals surface area (Å²) in [6, 6.07) is 21.9. The maximum absolute atomic E-state index is 13.1. The maximum Gasteiger partial charge on any atom is 0.258 e. The molecule has 1 N–H and O–H groups in total. The highest BCUT2D eigenvalue weighted by atomic mass is 35.5. The first-order valence-corrected chi connectivity index (χ1v) is 11.6. The maximum atomic E-state index is 13.1. The molecule has 1 aromatic heterocycles. The Hall–Kier alpha value is -3.35. The number of carbonyl (C=O) groups excluding carboxylic acids is 1. The highest BCUT2D eigenvalue weighted by Gasteiger charge is 2.17. The summed E-state index contributed by atoms with van der Waals surface area (Å²) >= 11 is 12.0. The number of fused-ring (bicyclic) bond motifs is 1. The number of benzene rings is 3. The van der Waals surface area contributed by atoms with Crippen molar-refractivity contribution in [3.05, 3.63) is 105 Å². The molecule has 174 valence electrons. The zero-order valence-electron chi connectivity index (χ0n) is 18.3. The van der Waals surface area contributed by atoms with E-state index < -0.39 is 0 Å². The van der Waals surface area contributed by atoms with Crippen molar-refractivity contribution in [3.63, 3.8) is 0 Å². The van der Waals surface area contributed by atoms with E-state index in [0.29, 0.717) is 52.1 Å². The third-order valence-corrected chi connectivity index (χ3v) is 5.79. The minimum atomic E-state index is -0.221. The molecule has 0 unspecified atom stereocenters. The van der Waals surface area contributed by atoms with Crippen LogP contribution in [0.25, 0.3) is 10.9 Å². The number of carbonyl (C=O) groups is 1. The van der Waals surface area contributed by atoms with Crippen LogP contribution in [0.3, 0.4) is 0 Å². The molecular formula is C26H23Cl2N3O3. The molecule has 0 spiro atoms. The Bertz CT molecular complexity index is 1340. The van der Waals surface area contributed by atoms with Gasteiger partial charge in [-0.2, -0.15) is 0 Å². The number of para-hydroxylation sites is 1. The number of nitrogens with one attached hydrogen (secondary N) is 1. The van der Waals surface area contributed by atoms with Crippen molar-refractivity contribution in [2.45, 2.75) is 25.9 Å². The lowest BCUT2D eigenvalue weighted by atomic mass is 10.2. The summed E-state index contributed by atoms with van der Waals surface area (Å²) < 4.78 is 5.70. The van der Waals surface area contributed by atoms with Crippen LogP contribution in [0, 0.1) is 0 Å². The fourth-order valence-corrected chi connectivity index (χ4v) is 4.05. The molecule has 0 aliphatic heterocycles. The van der Waals surface area contributed by atoms with Crippen molar-refractivity contribution in [1.82, 2.24) is 14.9 Å². The van der Waals surface area contributed by atoms with Gasteiger partial charge < -0.3 is 14.6 Å². The number of hydrogen-bond acceptors (Lipinski definition) is 4. The SMILES string of the molecule is O=C(CCCOc1ccc(Cl)cc1Cl)N(Cc1ccccc1)Cc1nc2ccccc2c(=O)[nH]1. The summed E-state index contributed by atoms with van der Waals surface area (Å²) in [5.74, 6) is 0.903. The number of rotatable bonds is 9. The summed E-state index contributed by atoms with van der Waals surface area (Å²) in [7, 11) is 0. The van der Waals surface area contributed by atoms with Gasteiger partial charge in [-0.15, -0.1) is 0 Å². The number of aromatic nitrogens is 2. The van der Waals surface area contributed by atoms with Crippen molar-refractivity contribution in [3.8, 4) is 5.75 Å². The van der Waals surface area contributed by atoms with Crippen molar-refractivity contribution in [1.29, 1.82) is 0 Å². The van der Waals surface area contributed by atoms with E-state index in [-0.39, 0.29) is 24.4 Å². The Morgan fingerprint density at radius 3 is 2.53 bits per heavy atom. The fraction of sp³-hybridized carbons (Fsp3) is 0.192. The van der Waals surface area contributed by atoms with Gasteiger partial charge in [0.25, 0.3) is 5.56 Å². The monoisotopic (exact) mass is 495 g/mol. The molecule has 0 saturated heterocycles. The number of hydrogen-bond donors (Lipinski definition) is 1. The third kappa shape index (κ3) is 6.16. The predicted octanol–water partition coefficient (Wildman–Crippen LogP) is 5.62. The molecule has 4 aromatic rings. The van der Waals surface area contributed by atoms with Crippen LogP contribution >= 0.6 is 23.2 Å². The van der Waals surface area contributed by atoms with Crippen molar-refractivity contribution < 1.29 is 9.53 Å². The van der Waals surface area contributed by atoms with E-state index >= 15 is 0 Å². The Kier molecular flexibility index (Phi) is 7.83. The lowest BCUT2D eigenvalue weighted by Gasteiger charge is -2.23. The second-order valence-electron chi connectivity index (χ2n) is 7.79. The zero-order chi connectivity index (χ0) is 23.9. The Morgan fingerprint density at radius 1 is 0.971 bits per heavy atom. The molecule has 4 rings (SSSR count). The molecule has 0 atom stereocenters. The van der Waals surface area contributed by atoms with E-state index in [9.17, 15) is 9.59 Å². The quantitative estimate of drug-likeness (QED) is 0.306. The third-order valence-electron chi connectivity index (χ3n) is 5.26. The minimum absolute atomic E-state index is 0.0644. The van der Waals surface area contributed by atoms with E-state index in [1.54, 1.807) is 41.3 Å². The van der Waals surface area contributed by atoms with Gasteiger partial charge in [0.15, 0.2) is 0 Å². The molecule has 34 heavy (non-hydrogen) atoms. The molecule has 6 nitrogen and oxygen atoms in total. The van der Waals surface area contributed by atoms with Gasteiger partial charge in [-0.3, -0.25) is 9.59 Å². The van der Waals surface area contributed by atoms with Gasteiger partial charge in [0.05, 0.1) is 29.1 Å². The van der Waals surface area contributed by atoms with Gasteiger partial charge in [0.2, 0.25) is 5.91 Å². The molecule has 1 heterocycles. The lowest BCUT2D eigenvalue weighted by molar-refractivity contribution is -0.132. The Labute approximate surface area is 207 Å². The number of amides is 1. The number of aromatic amines is 1. The Morgan fingerprint density at radius 2 is 1.74 bits per heavy atom.